The van der Waals surface area contributed by atoms with E-state index < -0.39 is 17.8 Å². The van der Waals surface area contributed by atoms with Crippen molar-refractivity contribution < 1.29 is 14.0 Å². The zero-order chi connectivity index (χ0) is 22.9. The van der Waals surface area contributed by atoms with Gasteiger partial charge in [0, 0.05) is 35.4 Å². The molecule has 5 rings (SSSR count). The lowest BCUT2D eigenvalue weighted by atomic mass is 10.2. The van der Waals surface area contributed by atoms with Crippen LogP contribution in [0.15, 0.2) is 60.9 Å². The quantitative estimate of drug-likeness (QED) is 0.366. The predicted octanol–water partition coefficient (Wildman–Crippen LogP) is 4.22. The van der Waals surface area contributed by atoms with Gasteiger partial charge in [-0.05, 0) is 49.2 Å². The van der Waals surface area contributed by atoms with Crippen LogP contribution in [0.3, 0.4) is 0 Å². The number of carbonyl (C=O) groups is 2. The van der Waals surface area contributed by atoms with E-state index in [4.69, 9.17) is 5.73 Å². The first-order valence-corrected chi connectivity index (χ1v) is 10.4. The molecule has 166 valence electrons. The third-order valence-electron chi connectivity index (χ3n) is 5.23. The van der Waals surface area contributed by atoms with Gasteiger partial charge in [0.1, 0.15) is 23.0 Å². The van der Waals surface area contributed by atoms with E-state index in [1.54, 1.807) is 42.7 Å². The minimum atomic E-state index is -0.544. The Balaban J connectivity index is 1.33. The third kappa shape index (κ3) is 4.31. The molecule has 0 bridgehead atoms. The van der Waals surface area contributed by atoms with Crippen molar-refractivity contribution in [1.29, 1.82) is 0 Å². The molecule has 0 spiro atoms. The van der Waals surface area contributed by atoms with Crippen molar-refractivity contribution in [2.45, 2.75) is 18.8 Å². The molecule has 3 amide bonds. The second-order valence-electron chi connectivity index (χ2n) is 7.75. The number of nitrogens with one attached hydrogen (secondary N) is 3. The molecule has 33 heavy (non-hydrogen) atoms. The van der Waals surface area contributed by atoms with Crippen LogP contribution in [0.5, 0.6) is 0 Å². The molecule has 10 heteroatoms. The molecule has 0 aliphatic heterocycles. The summed E-state index contributed by atoms with van der Waals surface area (Å²) in [6.45, 7) is 0. The van der Waals surface area contributed by atoms with Crippen molar-refractivity contribution in [2.75, 3.05) is 21.7 Å². The second kappa shape index (κ2) is 8.23. The first-order chi connectivity index (χ1) is 16.0. The summed E-state index contributed by atoms with van der Waals surface area (Å²) >= 11 is 0. The number of nitrogens with two attached hydrogens (primary N) is 1. The van der Waals surface area contributed by atoms with Gasteiger partial charge in [0.25, 0.3) is 5.91 Å². The maximum Gasteiger partial charge on any atom is 0.323 e. The number of benzene rings is 2. The first kappa shape index (κ1) is 20.4. The molecule has 1 aliphatic carbocycles. The highest BCUT2D eigenvalue weighted by atomic mass is 19.1. The number of amides is 3. The first-order valence-electron chi connectivity index (χ1n) is 10.4. The van der Waals surface area contributed by atoms with Crippen LogP contribution in [-0.2, 0) is 0 Å². The van der Waals surface area contributed by atoms with Crippen molar-refractivity contribution in [1.82, 2.24) is 14.4 Å². The lowest BCUT2D eigenvalue weighted by Gasteiger charge is -2.10. The van der Waals surface area contributed by atoms with Gasteiger partial charge in [-0.3, -0.25) is 9.20 Å². The number of nitrogens with zero attached hydrogens (tertiary/aromatic N) is 3. The number of rotatable bonds is 5. The van der Waals surface area contributed by atoms with E-state index in [1.807, 2.05) is 4.40 Å². The van der Waals surface area contributed by atoms with Gasteiger partial charge in [0.2, 0.25) is 0 Å². The fourth-order valence-corrected chi connectivity index (χ4v) is 3.60. The number of carbonyl (C=O) groups excluding carboxylic acids is 2. The number of halogens is 1. The molecule has 2 heterocycles. The molecule has 1 fully saturated rings. The highest BCUT2D eigenvalue weighted by molar-refractivity contribution is 6.09. The van der Waals surface area contributed by atoms with Crippen molar-refractivity contribution in [3.63, 3.8) is 0 Å². The summed E-state index contributed by atoms with van der Waals surface area (Å²) in [4.78, 5) is 33.9. The number of anilines is 4. The van der Waals surface area contributed by atoms with Gasteiger partial charge >= 0.3 is 6.03 Å². The highest BCUT2D eigenvalue weighted by Gasteiger charge is 2.31. The standard InChI is InChI=1S/C23H20FN7O2/c24-14-3-1-4-15(11-14)28-23(33)29-17-6-2-5-16(12-17)27-22(32)18-19-20(25)26-9-10-31(19)21(30-18)13-7-8-13/h1-6,9-13H,7-8H2,(H2,25,26)(H,27,32)(H2,28,29,33). The molecule has 1 saturated carbocycles. The summed E-state index contributed by atoms with van der Waals surface area (Å²) in [5.74, 6) is 0.454. The van der Waals surface area contributed by atoms with E-state index in [9.17, 15) is 14.0 Å². The molecule has 2 aromatic heterocycles. The Labute approximate surface area is 187 Å². The molecule has 1 aliphatic rings. The second-order valence-corrected chi connectivity index (χ2v) is 7.75. The minimum absolute atomic E-state index is 0.199. The van der Waals surface area contributed by atoms with Gasteiger partial charge in [-0.2, -0.15) is 0 Å². The van der Waals surface area contributed by atoms with Crippen LogP contribution < -0.4 is 21.7 Å². The van der Waals surface area contributed by atoms with Crippen LogP contribution in [-0.4, -0.2) is 26.3 Å². The van der Waals surface area contributed by atoms with Crippen molar-refractivity contribution in [3.05, 3.63) is 78.3 Å². The fraction of sp³-hybridized carbons (Fsp3) is 0.130. The van der Waals surface area contributed by atoms with Gasteiger partial charge in [0.05, 0.1) is 0 Å². The molecule has 0 radical (unpaired) electrons. The largest absolute Gasteiger partial charge is 0.382 e. The maximum absolute atomic E-state index is 13.3. The van der Waals surface area contributed by atoms with Crippen LogP contribution in [0.1, 0.15) is 35.1 Å². The smallest absolute Gasteiger partial charge is 0.323 e. The zero-order valence-corrected chi connectivity index (χ0v) is 17.4. The van der Waals surface area contributed by atoms with Crippen LogP contribution in [0.25, 0.3) is 5.52 Å². The van der Waals surface area contributed by atoms with Gasteiger partial charge in [0.15, 0.2) is 5.69 Å². The van der Waals surface area contributed by atoms with E-state index in [0.29, 0.717) is 28.5 Å². The molecule has 4 aromatic rings. The molecule has 9 nitrogen and oxygen atoms in total. The predicted molar refractivity (Wildman–Crippen MR) is 123 cm³/mol. The normalized spacial score (nSPS) is 13.0. The van der Waals surface area contributed by atoms with E-state index in [2.05, 4.69) is 25.9 Å². The Morgan fingerprint density at radius 3 is 2.36 bits per heavy atom. The SMILES string of the molecule is Nc1nccn2c(C3CC3)nc(C(=O)Nc3cccc(NC(=O)Nc4cccc(F)c4)c3)c12. The average molecular weight is 445 g/mol. The van der Waals surface area contributed by atoms with Crippen molar-refractivity contribution in [3.8, 4) is 0 Å². The number of hydrogen-bond acceptors (Lipinski definition) is 5. The Bertz CT molecular complexity index is 1380. The van der Waals surface area contributed by atoms with Gasteiger partial charge in [-0.25, -0.2) is 19.2 Å². The summed E-state index contributed by atoms with van der Waals surface area (Å²) in [6, 6.07) is 11.7. The molecule has 0 atom stereocenters. The van der Waals surface area contributed by atoms with Crippen molar-refractivity contribution >= 4 is 40.3 Å². The third-order valence-corrected chi connectivity index (χ3v) is 5.23. The van der Waals surface area contributed by atoms with Gasteiger partial charge in [-0.15, -0.1) is 0 Å². The molecule has 2 aromatic carbocycles. The summed E-state index contributed by atoms with van der Waals surface area (Å²) in [5.41, 5.74) is 7.94. The lowest BCUT2D eigenvalue weighted by molar-refractivity contribution is 0.102. The molecular formula is C23H20FN7O2. The Kier molecular flexibility index (Phi) is 5.09. The van der Waals surface area contributed by atoms with Crippen LogP contribution in [0.2, 0.25) is 0 Å². The number of imidazole rings is 1. The van der Waals surface area contributed by atoms with Crippen molar-refractivity contribution in [2.24, 2.45) is 0 Å². The average Bonchev–Trinajstić information content (AvgIpc) is 3.54. The molecule has 5 N–H and O–H groups in total. The highest BCUT2D eigenvalue weighted by Crippen LogP contribution is 2.40. The van der Waals surface area contributed by atoms with Crippen LogP contribution in [0, 0.1) is 5.82 Å². The molecular weight excluding hydrogens is 425 g/mol. The number of urea groups is 1. The van der Waals surface area contributed by atoms with E-state index in [-0.39, 0.29) is 11.5 Å². The van der Waals surface area contributed by atoms with Gasteiger partial charge < -0.3 is 21.7 Å². The van der Waals surface area contributed by atoms with Gasteiger partial charge in [-0.1, -0.05) is 12.1 Å². The van der Waals surface area contributed by atoms with E-state index in [0.717, 1.165) is 18.7 Å². The fourth-order valence-electron chi connectivity index (χ4n) is 3.60. The minimum Gasteiger partial charge on any atom is -0.382 e. The van der Waals surface area contributed by atoms with Crippen LogP contribution in [0.4, 0.5) is 32.1 Å². The summed E-state index contributed by atoms with van der Waals surface area (Å²) in [7, 11) is 0. The topological polar surface area (TPSA) is 126 Å². The summed E-state index contributed by atoms with van der Waals surface area (Å²) < 4.78 is 15.1. The monoisotopic (exact) mass is 445 g/mol. The zero-order valence-electron chi connectivity index (χ0n) is 17.4. The number of fused-ring (bicyclic) bond motifs is 1. The van der Waals surface area contributed by atoms with E-state index >= 15 is 0 Å². The molecule has 0 saturated heterocycles. The molecule has 0 unspecified atom stereocenters. The number of aromatic nitrogens is 3. The Hall–Kier alpha value is -4.47. The number of nitrogen functional groups attached to an aromatic ring is 1. The van der Waals surface area contributed by atoms with Crippen LogP contribution >= 0.6 is 0 Å². The maximum atomic E-state index is 13.3. The summed E-state index contributed by atoms with van der Waals surface area (Å²) in [6.07, 6.45) is 5.38. The lowest BCUT2D eigenvalue weighted by Crippen LogP contribution is -2.19. The Morgan fingerprint density at radius 2 is 1.67 bits per heavy atom. The van der Waals surface area contributed by atoms with E-state index in [1.165, 1.54) is 18.2 Å². The number of hydrogen-bond donors (Lipinski definition) is 4. The Morgan fingerprint density at radius 1 is 1.00 bits per heavy atom. The summed E-state index contributed by atoms with van der Waals surface area (Å²) in [5, 5.41) is 8.01.